The minimum atomic E-state index is -0.264. The minimum Gasteiger partial charge on any atom is -0.353 e. The molecule has 1 aromatic carbocycles. The standard InChI is InChI=1S/C18H27FN4O2/c1-13(2)21-17(24)12-22-6-8-23(9-7-22)18(25)20-11-15-5-4-14(3)16(19)10-15/h4-5,10,13H,6-9,11-12H2,1-3H3,(H,20,25)(H,21,24). The summed E-state index contributed by atoms with van der Waals surface area (Å²) < 4.78 is 13.5. The van der Waals surface area contributed by atoms with E-state index in [2.05, 4.69) is 10.6 Å². The first kappa shape index (κ1) is 19.2. The summed E-state index contributed by atoms with van der Waals surface area (Å²) in [5, 5.41) is 5.69. The molecule has 0 atom stereocenters. The lowest BCUT2D eigenvalue weighted by Gasteiger charge is -2.34. The lowest BCUT2D eigenvalue weighted by molar-refractivity contribution is -0.123. The largest absolute Gasteiger partial charge is 0.353 e. The Balaban J connectivity index is 1.73. The van der Waals surface area contributed by atoms with Crippen molar-refractivity contribution in [2.75, 3.05) is 32.7 Å². The van der Waals surface area contributed by atoms with Crippen molar-refractivity contribution in [3.8, 4) is 0 Å². The van der Waals surface area contributed by atoms with Crippen LogP contribution in [0.5, 0.6) is 0 Å². The first-order chi connectivity index (χ1) is 11.8. The molecule has 1 saturated heterocycles. The van der Waals surface area contributed by atoms with Gasteiger partial charge in [-0.15, -0.1) is 0 Å². The highest BCUT2D eigenvalue weighted by Gasteiger charge is 2.22. The molecule has 0 aliphatic carbocycles. The van der Waals surface area contributed by atoms with Gasteiger partial charge in [-0.25, -0.2) is 9.18 Å². The van der Waals surface area contributed by atoms with Gasteiger partial charge < -0.3 is 15.5 Å². The smallest absolute Gasteiger partial charge is 0.317 e. The zero-order valence-electron chi connectivity index (χ0n) is 15.1. The van der Waals surface area contributed by atoms with Crippen molar-refractivity contribution in [2.45, 2.75) is 33.4 Å². The molecule has 0 spiro atoms. The lowest BCUT2D eigenvalue weighted by atomic mass is 10.1. The predicted molar refractivity (Wildman–Crippen MR) is 94.7 cm³/mol. The Morgan fingerprint density at radius 2 is 1.88 bits per heavy atom. The molecule has 0 bridgehead atoms. The fraction of sp³-hybridized carbons (Fsp3) is 0.556. The molecule has 0 saturated carbocycles. The molecular weight excluding hydrogens is 323 g/mol. The van der Waals surface area contributed by atoms with Crippen LogP contribution < -0.4 is 10.6 Å². The molecular formula is C18H27FN4O2. The number of benzene rings is 1. The van der Waals surface area contributed by atoms with Crippen molar-refractivity contribution in [1.82, 2.24) is 20.4 Å². The van der Waals surface area contributed by atoms with Crippen molar-refractivity contribution in [1.29, 1.82) is 0 Å². The van der Waals surface area contributed by atoms with Crippen molar-refractivity contribution >= 4 is 11.9 Å². The number of rotatable bonds is 5. The lowest BCUT2D eigenvalue weighted by Crippen LogP contribution is -2.53. The van der Waals surface area contributed by atoms with Crippen molar-refractivity contribution < 1.29 is 14.0 Å². The number of halogens is 1. The van der Waals surface area contributed by atoms with Gasteiger partial charge in [0.2, 0.25) is 5.91 Å². The zero-order valence-corrected chi connectivity index (χ0v) is 15.1. The highest BCUT2D eigenvalue weighted by Crippen LogP contribution is 2.09. The Morgan fingerprint density at radius 1 is 1.20 bits per heavy atom. The van der Waals surface area contributed by atoms with Crippen LogP contribution in [0.2, 0.25) is 0 Å². The fourth-order valence-corrected chi connectivity index (χ4v) is 2.72. The van der Waals surface area contributed by atoms with Gasteiger partial charge in [0.15, 0.2) is 0 Å². The predicted octanol–water partition coefficient (Wildman–Crippen LogP) is 1.49. The number of nitrogens with zero attached hydrogens (tertiary/aromatic N) is 2. The van der Waals surface area contributed by atoms with Crippen molar-refractivity contribution in [3.63, 3.8) is 0 Å². The van der Waals surface area contributed by atoms with Gasteiger partial charge in [0.05, 0.1) is 6.54 Å². The van der Waals surface area contributed by atoms with E-state index in [0.29, 0.717) is 44.8 Å². The van der Waals surface area contributed by atoms with Gasteiger partial charge in [0.25, 0.3) is 0 Å². The summed E-state index contributed by atoms with van der Waals surface area (Å²) in [6.45, 7) is 8.70. The van der Waals surface area contributed by atoms with E-state index in [1.54, 1.807) is 17.9 Å². The van der Waals surface area contributed by atoms with E-state index >= 15 is 0 Å². The van der Waals surface area contributed by atoms with E-state index in [9.17, 15) is 14.0 Å². The second-order valence-electron chi connectivity index (χ2n) is 6.73. The molecule has 25 heavy (non-hydrogen) atoms. The molecule has 138 valence electrons. The monoisotopic (exact) mass is 350 g/mol. The number of nitrogens with one attached hydrogen (secondary N) is 2. The fourth-order valence-electron chi connectivity index (χ4n) is 2.72. The number of hydrogen-bond acceptors (Lipinski definition) is 3. The highest BCUT2D eigenvalue weighted by atomic mass is 19.1. The summed E-state index contributed by atoms with van der Waals surface area (Å²) in [7, 11) is 0. The van der Waals surface area contributed by atoms with Gasteiger partial charge in [-0.05, 0) is 38.0 Å². The van der Waals surface area contributed by atoms with Crippen LogP contribution in [0, 0.1) is 12.7 Å². The van der Waals surface area contributed by atoms with Crippen molar-refractivity contribution in [3.05, 3.63) is 35.1 Å². The minimum absolute atomic E-state index is 0.00861. The molecule has 0 aromatic heterocycles. The number of carbonyl (C=O) groups excluding carboxylic acids is 2. The number of urea groups is 1. The first-order valence-electron chi connectivity index (χ1n) is 8.64. The molecule has 1 heterocycles. The molecule has 0 unspecified atom stereocenters. The van der Waals surface area contributed by atoms with Gasteiger partial charge in [0.1, 0.15) is 5.82 Å². The summed E-state index contributed by atoms with van der Waals surface area (Å²) in [5.41, 5.74) is 1.33. The Morgan fingerprint density at radius 3 is 2.48 bits per heavy atom. The molecule has 0 radical (unpaired) electrons. The molecule has 1 aliphatic rings. The highest BCUT2D eigenvalue weighted by molar-refractivity contribution is 5.78. The van der Waals surface area contributed by atoms with Crippen LogP contribution >= 0.6 is 0 Å². The number of aryl methyl sites for hydroxylation is 1. The van der Waals surface area contributed by atoms with E-state index in [1.807, 2.05) is 24.8 Å². The molecule has 1 aromatic rings. The van der Waals surface area contributed by atoms with Gasteiger partial charge in [-0.2, -0.15) is 0 Å². The number of amides is 3. The Bertz CT molecular complexity index is 613. The Kier molecular flexibility index (Phi) is 6.75. The van der Waals surface area contributed by atoms with Crippen LogP contribution in [-0.4, -0.2) is 60.5 Å². The van der Waals surface area contributed by atoms with Crippen LogP contribution in [0.4, 0.5) is 9.18 Å². The second-order valence-corrected chi connectivity index (χ2v) is 6.73. The van der Waals surface area contributed by atoms with Crippen LogP contribution in [0.15, 0.2) is 18.2 Å². The van der Waals surface area contributed by atoms with Gasteiger partial charge >= 0.3 is 6.03 Å². The van der Waals surface area contributed by atoms with Crippen LogP contribution in [0.3, 0.4) is 0 Å². The third-order valence-electron chi connectivity index (χ3n) is 4.16. The van der Waals surface area contributed by atoms with Crippen molar-refractivity contribution in [2.24, 2.45) is 0 Å². The summed E-state index contributed by atoms with van der Waals surface area (Å²) >= 11 is 0. The molecule has 6 nitrogen and oxygen atoms in total. The normalized spacial score (nSPS) is 15.3. The second kappa shape index (κ2) is 8.80. The molecule has 1 fully saturated rings. The first-order valence-corrected chi connectivity index (χ1v) is 8.64. The number of hydrogen-bond donors (Lipinski definition) is 2. The maximum atomic E-state index is 13.5. The summed E-state index contributed by atoms with van der Waals surface area (Å²) in [5.74, 6) is -0.255. The van der Waals surface area contributed by atoms with E-state index in [0.717, 1.165) is 5.56 Å². The van der Waals surface area contributed by atoms with Gasteiger partial charge in [-0.1, -0.05) is 12.1 Å². The van der Waals surface area contributed by atoms with E-state index < -0.39 is 0 Å². The summed E-state index contributed by atoms with van der Waals surface area (Å²) in [6.07, 6.45) is 0. The maximum absolute atomic E-state index is 13.5. The quantitative estimate of drug-likeness (QED) is 0.846. The van der Waals surface area contributed by atoms with Crippen LogP contribution in [0.25, 0.3) is 0 Å². The zero-order chi connectivity index (χ0) is 18.4. The number of carbonyl (C=O) groups is 2. The van der Waals surface area contributed by atoms with Crippen LogP contribution in [0.1, 0.15) is 25.0 Å². The SMILES string of the molecule is Cc1ccc(CNC(=O)N2CCN(CC(=O)NC(C)C)CC2)cc1F. The third kappa shape index (κ3) is 6.01. The van der Waals surface area contributed by atoms with E-state index in [-0.39, 0.29) is 23.8 Å². The molecule has 2 N–H and O–H groups in total. The van der Waals surface area contributed by atoms with E-state index in [1.165, 1.54) is 6.07 Å². The Hall–Kier alpha value is -2.15. The summed E-state index contributed by atoms with van der Waals surface area (Å²) in [4.78, 5) is 27.8. The molecule has 1 aliphatic heterocycles. The van der Waals surface area contributed by atoms with Gasteiger partial charge in [-0.3, -0.25) is 9.69 Å². The molecule has 3 amide bonds. The average molecular weight is 350 g/mol. The Labute approximate surface area is 148 Å². The van der Waals surface area contributed by atoms with Crippen LogP contribution in [-0.2, 0) is 11.3 Å². The number of piperazine rings is 1. The summed E-state index contributed by atoms with van der Waals surface area (Å²) in [6, 6.07) is 4.93. The average Bonchev–Trinajstić information content (AvgIpc) is 2.55. The van der Waals surface area contributed by atoms with E-state index in [4.69, 9.17) is 0 Å². The topological polar surface area (TPSA) is 64.7 Å². The third-order valence-corrected chi connectivity index (χ3v) is 4.16. The van der Waals surface area contributed by atoms with Gasteiger partial charge in [0, 0.05) is 38.8 Å². The molecule has 2 rings (SSSR count). The maximum Gasteiger partial charge on any atom is 0.317 e. The molecule has 7 heteroatoms.